The van der Waals surface area contributed by atoms with Gasteiger partial charge in [-0.25, -0.2) is 0 Å². The zero-order valence-corrected chi connectivity index (χ0v) is 8.14. The average molecular weight is 176 g/mol. The predicted molar refractivity (Wildman–Crippen MR) is 49.5 cm³/mol. The standard InChI is InChI=1S/C8H6N.ClH.Mg/c1-2-4-8-7(3-1)5-6-9-8;;/h1-4,6,9H;1H;/q;;+1/p-1. The molecule has 0 aliphatic heterocycles. The van der Waals surface area contributed by atoms with Crippen LogP contribution < -0.4 is 3.69 Å². The van der Waals surface area contributed by atoms with Crippen molar-refractivity contribution in [3.05, 3.63) is 30.5 Å². The van der Waals surface area contributed by atoms with Gasteiger partial charge in [-0.05, 0) is 17.6 Å². The van der Waals surface area contributed by atoms with Crippen LogP contribution in [0, 0.1) is 0 Å². The van der Waals surface area contributed by atoms with E-state index < -0.39 is 19.3 Å². The van der Waals surface area contributed by atoms with Crippen molar-refractivity contribution in [2.24, 2.45) is 0 Å². The molecule has 2 rings (SSSR count). The van der Waals surface area contributed by atoms with Crippen molar-refractivity contribution in [1.82, 2.24) is 4.98 Å². The number of hydrogen-bond donors (Lipinski definition) is 1. The smallest absolute Gasteiger partial charge is 0.363 e. The Kier molecular flexibility index (Phi) is 2.07. The van der Waals surface area contributed by atoms with Crippen LogP contribution in [0.3, 0.4) is 0 Å². The number of aromatic amines is 1. The fraction of sp³-hybridized carbons (Fsp3) is 0. The summed E-state index contributed by atoms with van der Waals surface area (Å²) in [6, 6.07) is 8.25. The van der Waals surface area contributed by atoms with E-state index in [1.54, 1.807) is 0 Å². The first-order valence-electron chi connectivity index (χ1n) is 3.53. The van der Waals surface area contributed by atoms with Crippen LogP contribution in [0.4, 0.5) is 0 Å². The van der Waals surface area contributed by atoms with E-state index in [0.29, 0.717) is 0 Å². The molecule has 0 saturated heterocycles. The molecule has 0 atom stereocenters. The van der Waals surface area contributed by atoms with Crippen molar-refractivity contribution in [3.63, 3.8) is 0 Å². The summed E-state index contributed by atoms with van der Waals surface area (Å²) in [4.78, 5) is 3.19. The molecule has 1 heterocycles. The highest BCUT2D eigenvalue weighted by atomic mass is 35.5. The summed E-state index contributed by atoms with van der Waals surface area (Å²) in [5.41, 5.74) is 1.19. The third-order valence-corrected chi connectivity index (χ3v) is 3.56. The predicted octanol–water partition coefficient (Wildman–Crippen LogP) is 1.65. The fourth-order valence-electron chi connectivity index (χ4n) is 1.24. The van der Waals surface area contributed by atoms with Crippen LogP contribution in [0.25, 0.3) is 10.9 Å². The van der Waals surface area contributed by atoms with Crippen molar-refractivity contribution < 1.29 is 0 Å². The molecule has 0 aliphatic carbocycles. The topological polar surface area (TPSA) is 15.8 Å². The summed E-state index contributed by atoms with van der Waals surface area (Å²) in [5.74, 6) is 0. The number of halogens is 1. The summed E-state index contributed by atoms with van der Waals surface area (Å²) in [6.45, 7) is 0. The lowest BCUT2D eigenvalue weighted by Gasteiger charge is -1.89. The molecule has 0 amide bonds. The zero-order chi connectivity index (χ0) is 7.68. The number of rotatable bonds is 1. The van der Waals surface area contributed by atoms with Crippen molar-refractivity contribution in [2.45, 2.75) is 0 Å². The molecule has 1 nitrogen and oxygen atoms in total. The first-order chi connectivity index (χ1) is 5.42. The molecule has 2 aromatic rings. The van der Waals surface area contributed by atoms with Gasteiger partial charge in [0.2, 0.25) is 0 Å². The van der Waals surface area contributed by atoms with Gasteiger partial charge in [-0.15, -0.1) is 3.69 Å². The maximum Gasteiger partial charge on any atom is 0.541 e. The van der Waals surface area contributed by atoms with Crippen LogP contribution >= 0.6 is 9.07 Å². The van der Waals surface area contributed by atoms with Crippen LogP contribution in [-0.4, -0.2) is 24.2 Å². The molecule has 0 saturated carbocycles. The van der Waals surface area contributed by atoms with E-state index in [1.807, 2.05) is 18.3 Å². The van der Waals surface area contributed by atoms with Crippen LogP contribution in [0.15, 0.2) is 30.5 Å². The van der Waals surface area contributed by atoms with E-state index in [1.165, 1.54) is 14.6 Å². The minimum absolute atomic E-state index is 0.547. The average Bonchev–Trinajstić information content (AvgIpc) is 2.47. The molecular weight excluding hydrogens is 170 g/mol. The molecule has 0 radical (unpaired) electrons. The summed E-state index contributed by atoms with van der Waals surface area (Å²) in [6.07, 6.45) is 2.02. The number of aromatic nitrogens is 1. The lowest BCUT2D eigenvalue weighted by molar-refractivity contribution is 1.49. The zero-order valence-electron chi connectivity index (χ0n) is 5.97. The Bertz CT molecular complexity index is 369. The van der Waals surface area contributed by atoms with Crippen LogP contribution in [0.5, 0.6) is 0 Å². The number of fused-ring (bicyclic) bond motifs is 1. The molecule has 3 heteroatoms. The number of nitrogens with one attached hydrogen (secondary N) is 1. The van der Waals surface area contributed by atoms with E-state index in [0.717, 1.165) is 0 Å². The lowest BCUT2D eigenvalue weighted by atomic mass is 10.2. The number of benzene rings is 1. The third kappa shape index (κ3) is 1.26. The maximum absolute atomic E-state index is 5.87. The normalized spacial score (nSPS) is 9.91. The second kappa shape index (κ2) is 3.05. The van der Waals surface area contributed by atoms with Gasteiger partial charge < -0.3 is 14.1 Å². The van der Waals surface area contributed by atoms with Gasteiger partial charge in [0.05, 0.1) is 0 Å². The molecule has 0 fully saturated rings. The molecule has 0 spiro atoms. The van der Waals surface area contributed by atoms with Gasteiger partial charge in [-0.2, -0.15) is 0 Å². The SMILES string of the molecule is [Cl][Mg][c]1c[nH]c2ccccc12. The van der Waals surface area contributed by atoms with Crippen molar-refractivity contribution >= 4 is 42.9 Å². The second-order valence-corrected chi connectivity index (χ2v) is 4.32. The molecule has 52 valence electrons. The Hall–Kier alpha value is -0.184. The van der Waals surface area contributed by atoms with Gasteiger partial charge in [0.1, 0.15) is 0 Å². The summed E-state index contributed by atoms with van der Waals surface area (Å²) >= 11 is -0.547. The Morgan fingerprint density at radius 1 is 1.27 bits per heavy atom. The molecule has 1 aromatic heterocycles. The van der Waals surface area contributed by atoms with Gasteiger partial charge in [-0.3, -0.25) is 0 Å². The van der Waals surface area contributed by atoms with Crippen LogP contribution in [0.1, 0.15) is 0 Å². The van der Waals surface area contributed by atoms with E-state index >= 15 is 0 Å². The molecule has 0 unspecified atom stereocenters. The first kappa shape index (κ1) is 7.46. The molecule has 11 heavy (non-hydrogen) atoms. The van der Waals surface area contributed by atoms with E-state index in [4.69, 9.17) is 9.07 Å². The van der Waals surface area contributed by atoms with Gasteiger partial charge in [0.15, 0.2) is 0 Å². The molecule has 1 N–H and O–H groups in total. The monoisotopic (exact) mass is 175 g/mol. The Morgan fingerprint density at radius 3 is 2.91 bits per heavy atom. The Balaban J connectivity index is 2.76. The Morgan fingerprint density at radius 2 is 2.09 bits per heavy atom. The van der Waals surface area contributed by atoms with Gasteiger partial charge in [0.25, 0.3) is 0 Å². The minimum atomic E-state index is -0.547. The highest BCUT2D eigenvalue weighted by Crippen LogP contribution is 2.08. The van der Waals surface area contributed by atoms with Gasteiger partial charge >= 0.3 is 19.3 Å². The molecule has 0 bridgehead atoms. The Labute approximate surface area is 78.2 Å². The van der Waals surface area contributed by atoms with Crippen LogP contribution in [0.2, 0.25) is 0 Å². The van der Waals surface area contributed by atoms with E-state index in [-0.39, 0.29) is 0 Å². The number of H-pyrrole nitrogens is 1. The molecule has 1 aromatic carbocycles. The molecule has 0 aliphatic rings. The van der Waals surface area contributed by atoms with Crippen molar-refractivity contribution in [1.29, 1.82) is 0 Å². The van der Waals surface area contributed by atoms with E-state index in [2.05, 4.69) is 17.1 Å². The summed E-state index contributed by atoms with van der Waals surface area (Å²) in [7, 11) is 5.87. The number of para-hydroxylation sites is 1. The van der Waals surface area contributed by atoms with E-state index in [9.17, 15) is 0 Å². The van der Waals surface area contributed by atoms with Gasteiger partial charge in [0, 0.05) is 5.52 Å². The highest BCUT2D eigenvalue weighted by Gasteiger charge is 2.02. The number of hydrogen-bond acceptors (Lipinski definition) is 0. The quantitative estimate of drug-likeness (QED) is 0.635. The maximum atomic E-state index is 5.87. The summed E-state index contributed by atoms with van der Waals surface area (Å²) in [5, 5.41) is 1.29. The van der Waals surface area contributed by atoms with Crippen molar-refractivity contribution in [2.75, 3.05) is 0 Å². The fourth-order valence-corrected chi connectivity index (χ4v) is 2.54. The summed E-state index contributed by atoms with van der Waals surface area (Å²) < 4.78 is 1.31. The van der Waals surface area contributed by atoms with Gasteiger partial charge in [-0.1, -0.05) is 18.2 Å². The lowest BCUT2D eigenvalue weighted by Crippen LogP contribution is -2.04. The van der Waals surface area contributed by atoms with Crippen LogP contribution in [-0.2, 0) is 0 Å². The molecular formula is C8H6ClMgN. The largest absolute Gasteiger partial charge is 0.541 e. The highest BCUT2D eigenvalue weighted by molar-refractivity contribution is 7.02. The van der Waals surface area contributed by atoms with Crippen molar-refractivity contribution in [3.8, 4) is 0 Å². The first-order valence-corrected chi connectivity index (χ1v) is 6.37. The third-order valence-electron chi connectivity index (χ3n) is 1.82. The minimum Gasteiger partial charge on any atom is -0.363 e. The second-order valence-electron chi connectivity index (χ2n) is 2.49.